The van der Waals surface area contributed by atoms with Crippen molar-refractivity contribution in [1.29, 1.82) is 0 Å². The molecule has 0 fully saturated rings. The van der Waals surface area contributed by atoms with Crippen LogP contribution in [-0.4, -0.2) is 30.5 Å². The third kappa shape index (κ3) is 5.63. The zero-order valence-electron chi connectivity index (χ0n) is 22.1. The summed E-state index contributed by atoms with van der Waals surface area (Å²) in [5.41, 5.74) is 12.3. The minimum atomic E-state index is -0.587. The fourth-order valence-corrected chi connectivity index (χ4v) is 4.61. The Morgan fingerprint density at radius 2 is 1.40 bits per heavy atom. The molecule has 40 heavy (non-hydrogen) atoms. The zero-order valence-corrected chi connectivity index (χ0v) is 22.1. The fraction of sp³-hybridized carbons (Fsp3) is 0.161. The number of furan rings is 1. The van der Waals surface area contributed by atoms with Gasteiger partial charge >= 0.3 is 5.91 Å². The summed E-state index contributed by atoms with van der Waals surface area (Å²) < 4.78 is 11.0. The lowest BCUT2D eigenvalue weighted by atomic mass is 9.93. The molecule has 1 aliphatic rings. The van der Waals surface area contributed by atoms with E-state index in [0.717, 1.165) is 17.5 Å². The number of carbonyl (C=O) groups is 3. The molecule has 4 aromatic rings. The van der Waals surface area contributed by atoms with Gasteiger partial charge in [0.1, 0.15) is 11.5 Å². The number of methoxy groups -OCH3 is 1. The number of ether oxygens (including phenoxy) is 1. The summed E-state index contributed by atoms with van der Waals surface area (Å²) in [6.45, 7) is 1.76. The molecule has 0 saturated carbocycles. The highest BCUT2D eigenvalue weighted by molar-refractivity contribution is 6.07. The molecule has 1 aliphatic carbocycles. The van der Waals surface area contributed by atoms with Crippen molar-refractivity contribution in [3.63, 3.8) is 0 Å². The number of carbonyl (C=O) groups excluding carboxylic acids is 3. The van der Waals surface area contributed by atoms with Crippen LogP contribution >= 0.6 is 0 Å². The Balaban J connectivity index is 1.25. The van der Waals surface area contributed by atoms with Crippen LogP contribution in [0.3, 0.4) is 0 Å². The van der Waals surface area contributed by atoms with E-state index in [9.17, 15) is 14.4 Å². The smallest absolute Gasteiger partial charge is 0.305 e. The van der Waals surface area contributed by atoms with Crippen molar-refractivity contribution in [3.8, 4) is 16.9 Å². The number of rotatable bonds is 6. The van der Waals surface area contributed by atoms with E-state index in [4.69, 9.17) is 9.15 Å². The highest BCUT2D eigenvalue weighted by atomic mass is 16.5. The van der Waals surface area contributed by atoms with Crippen LogP contribution in [0.25, 0.3) is 11.1 Å². The summed E-state index contributed by atoms with van der Waals surface area (Å²) in [5.74, 6) is -0.0814. The van der Waals surface area contributed by atoms with Gasteiger partial charge in [0.05, 0.1) is 12.8 Å². The first-order valence-electron chi connectivity index (χ1n) is 12.8. The summed E-state index contributed by atoms with van der Waals surface area (Å²) in [6.07, 6.45) is 2.02. The quantitative estimate of drug-likeness (QED) is 0.305. The van der Waals surface area contributed by atoms with Gasteiger partial charge in [0, 0.05) is 28.7 Å². The maximum Gasteiger partial charge on any atom is 0.305 e. The Morgan fingerprint density at radius 3 is 2.10 bits per heavy atom. The summed E-state index contributed by atoms with van der Waals surface area (Å²) in [5, 5.41) is 4.39. The monoisotopic (exact) mass is 536 g/mol. The lowest BCUT2D eigenvalue weighted by Gasteiger charge is -2.13. The predicted octanol–water partition coefficient (Wildman–Crippen LogP) is 4.81. The zero-order chi connectivity index (χ0) is 28.1. The number of hydrogen-bond donors (Lipinski definition) is 3. The van der Waals surface area contributed by atoms with Gasteiger partial charge in [-0.15, -0.1) is 0 Å². The highest BCUT2D eigenvalue weighted by Crippen LogP contribution is 2.30. The van der Waals surface area contributed by atoms with Crippen LogP contribution < -0.4 is 21.0 Å². The Labute approximate surface area is 231 Å². The molecule has 9 nitrogen and oxygen atoms in total. The van der Waals surface area contributed by atoms with E-state index < -0.39 is 11.8 Å². The first-order chi connectivity index (χ1) is 19.4. The minimum Gasteiger partial charge on any atom is -0.497 e. The van der Waals surface area contributed by atoms with Crippen molar-refractivity contribution in [2.45, 2.75) is 26.2 Å². The van der Waals surface area contributed by atoms with E-state index in [-0.39, 0.29) is 11.7 Å². The van der Waals surface area contributed by atoms with E-state index in [1.165, 1.54) is 7.11 Å². The molecule has 9 heteroatoms. The van der Waals surface area contributed by atoms with Crippen molar-refractivity contribution in [2.24, 2.45) is 5.10 Å². The molecule has 3 aromatic carbocycles. The van der Waals surface area contributed by atoms with Crippen LogP contribution in [0.15, 0.2) is 88.4 Å². The van der Waals surface area contributed by atoms with Gasteiger partial charge in [0.2, 0.25) is 0 Å². The lowest BCUT2D eigenvalue weighted by Crippen LogP contribution is -2.41. The number of nitrogens with zero attached hydrogens (tertiary/aromatic N) is 1. The van der Waals surface area contributed by atoms with Crippen LogP contribution in [-0.2, 0) is 6.42 Å². The number of hydrazine groups is 1. The lowest BCUT2D eigenvalue weighted by molar-refractivity contribution is 0.0829. The Bertz CT molecular complexity index is 1570. The number of fused-ring (bicyclic) bond motifs is 1. The molecule has 3 N–H and O–H groups in total. The second-order valence-corrected chi connectivity index (χ2v) is 9.29. The van der Waals surface area contributed by atoms with E-state index in [0.29, 0.717) is 52.3 Å². The SMILES string of the molecule is COc1ccc(C(=O)NNC(=O)c2oc3c(c2C)/C(=N/NC(=O)c2ccc(-c4ccccc4)cc2)CCC3)cc1. The van der Waals surface area contributed by atoms with Gasteiger partial charge in [-0.3, -0.25) is 25.2 Å². The third-order valence-corrected chi connectivity index (χ3v) is 6.72. The molecule has 0 spiro atoms. The van der Waals surface area contributed by atoms with Crippen molar-refractivity contribution < 1.29 is 23.5 Å². The highest BCUT2D eigenvalue weighted by Gasteiger charge is 2.28. The van der Waals surface area contributed by atoms with Gasteiger partial charge < -0.3 is 9.15 Å². The first-order valence-corrected chi connectivity index (χ1v) is 12.8. The van der Waals surface area contributed by atoms with Crippen molar-refractivity contribution in [1.82, 2.24) is 16.3 Å². The molecule has 0 saturated heterocycles. The molecule has 202 valence electrons. The first kappa shape index (κ1) is 26.4. The molecular weight excluding hydrogens is 508 g/mol. The minimum absolute atomic E-state index is 0.0810. The predicted molar refractivity (Wildman–Crippen MR) is 150 cm³/mol. The number of amides is 3. The average molecular weight is 537 g/mol. The van der Waals surface area contributed by atoms with Gasteiger partial charge in [-0.25, -0.2) is 5.43 Å². The van der Waals surface area contributed by atoms with E-state index >= 15 is 0 Å². The number of benzene rings is 3. The van der Waals surface area contributed by atoms with Crippen LogP contribution in [0.4, 0.5) is 0 Å². The third-order valence-electron chi connectivity index (χ3n) is 6.72. The van der Waals surface area contributed by atoms with E-state index in [2.05, 4.69) is 21.4 Å². The maximum absolute atomic E-state index is 12.9. The molecule has 5 rings (SSSR count). The number of aryl methyl sites for hydroxylation is 1. The van der Waals surface area contributed by atoms with Crippen LogP contribution in [0.1, 0.15) is 61.0 Å². The van der Waals surface area contributed by atoms with E-state index in [1.54, 1.807) is 43.3 Å². The average Bonchev–Trinajstić information content (AvgIpc) is 3.36. The summed E-state index contributed by atoms with van der Waals surface area (Å²) in [7, 11) is 1.54. The fourth-order valence-electron chi connectivity index (χ4n) is 4.61. The second kappa shape index (κ2) is 11.7. The largest absolute Gasteiger partial charge is 0.497 e. The standard InChI is InChI=1S/C31H28N4O5/c1-19-27-25(32-33-29(36)22-13-11-21(12-14-22)20-7-4-3-5-8-20)9-6-10-26(27)40-28(19)31(38)35-34-30(37)23-15-17-24(39-2)18-16-23/h3-5,7-8,11-18H,6,9-10H2,1-2H3,(H,33,36)(H,34,37)(H,35,38)/b32-25+. The topological polar surface area (TPSA) is 122 Å². The molecule has 1 aromatic heterocycles. The van der Waals surface area contributed by atoms with Crippen molar-refractivity contribution in [3.05, 3.63) is 113 Å². The molecule has 0 atom stereocenters. The van der Waals surface area contributed by atoms with E-state index in [1.807, 2.05) is 42.5 Å². The van der Waals surface area contributed by atoms with Gasteiger partial charge in [-0.1, -0.05) is 42.5 Å². The van der Waals surface area contributed by atoms with Gasteiger partial charge in [-0.05, 0) is 67.3 Å². The number of nitrogens with one attached hydrogen (secondary N) is 3. The molecule has 0 unspecified atom stereocenters. The molecule has 0 aliphatic heterocycles. The maximum atomic E-state index is 12.9. The molecular formula is C31H28N4O5. The Morgan fingerprint density at radius 1 is 0.775 bits per heavy atom. The summed E-state index contributed by atoms with van der Waals surface area (Å²) in [4.78, 5) is 38.1. The molecule has 3 amide bonds. The van der Waals surface area contributed by atoms with Crippen molar-refractivity contribution in [2.75, 3.05) is 7.11 Å². The Kier molecular flexibility index (Phi) is 7.72. The van der Waals surface area contributed by atoms with Crippen LogP contribution in [0.5, 0.6) is 5.75 Å². The second-order valence-electron chi connectivity index (χ2n) is 9.29. The summed E-state index contributed by atoms with van der Waals surface area (Å²) >= 11 is 0. The summed E-state index contributed by atoms with van der Waals surface area (Å²) in [6, 6.07) is 23.7. The number of hydrogen-bond acceptors (Lipinski definition) is 6. The van der Waals surface area contributed by atoms with Crippen molar-refractivity contribution >= 4 is 23.4 Å². The van der Waals surface area contributed by atoms with Crippen LogP contribution in [0, 0.1) is 6.92 Å². The normalized spacial score (nSPS) is 13.3. The Hall–Kier alpha value is -5.18. The van der Waals surface area contributed by atoms with Gasteiger partial charge in [0.25, 0.3) is 11.8 Å². The van der Waals surface area contributed by atoms with Crippen LogP contribution in [0.2, 0.25) is 0 Å². The van der Waals surface area contributed by atoms with Gasteiger partial charge in [-0.2, -0.15) is 5.10 Å². The number of hydrazone groups is 1. The molecule has 0 radical (unpaired) electrons. The van der Waals surface area contributed by atoms with Gasteiger partial charge in [0.15, 0.2) is 5.76 Å². The molecule has 0 bridgehead atoms. The molecule has 1 heterocycles.